The number of anilines is 1. The van der Waals surface area contributed by atoms with Gasteiger partial charge in [0.2, 0.25) is 0 Å². The molecule has 2 rings (SSSR count). The minimum Gasteiger partial charge on any atom is -0.387 e. The van der Waals surface area contributed by atoms with Gasteiger partial charge in [0.25, 0.3) is 0 Å². The Morgan fingerprint density at radius 3 is 2.73 bits per heavy atom. The molecule has 2 heterocycles. The van der Waals surface area contributed by atoms with Gasteiger partial charge >= 0.3 is 11.8 Å². The lowest BCUT2D eigenvalue weighted by Gasteiger charge is -2.17. The molecule has 1 aliphatic heterocycles. The van der Waals surface area contributed by atoms with Crippen LogP contribution >= 0.6 is 28.6 Å². The lowest BCUT2D eigenvalue weighted by atomic mass is 10.1. The minimum atomic E-state index is -3.79. The van der Waals surface area contributed by atoms with Crippen molar-refractivity contribution in [1.29, 1.82) is 0 Å². The molecule has 22 heavy (non-hydrogen) atoms. The van der Waals surface area contributed by atoms with E-state index in [0.29, 0.717) is 5.82 Å². The molecule has 12 heteroatoms. The predicted molar refractivity (Wildman–Crippen MR) is 79.2 cm³/mol. The highest BCUT2D eigenvalue weighted by Crippen LogP contribution is 2.57. The number of nitrogens with one attached hydrogen (secondary N) is 1. The Hall–Kier alpha value is -0.670. The first kappa shape index (κ1) is 17.7. The lowest BCUT2D eigenvalue weighted by Crippen LogP contribution is -2.36. The summed E-state index contributed by atoms with van der Waals surface area (Å²) in [7, 11) is 1.60. The van der Waals surface area contributed by atoms with E-state index >= 15 is 0 Å². The van der Waals surface area contributed by atoms with Gasteiger partial charge in [-0.25, -0.2) is 4.79 Å². The van der Waals surface area contributed by atoms with Crippen LogP contribution in [-0.4, -0.2) is 51.7 Å². The van der Waals surface area contributed by atoms with Crippen molar-refractivity contribution < 1.29 is 24.0 Å². The topological polar surface area (TPSA) is 123 Å². The van der Waals surface area contributed by atoms with Crippen molar-refractivity contribution >= 4 is 34.4 Å². The lowest BCUT2D eigenvalue weighted by molar-refractivity contribution is -0.0506. The standard InChI is InChI=1S/C10H14Cl2N3O6P/c1-13-6-2-3-15(10(18)14-6)9-8(17)7(16)5(21-9)4-20-22(11,12)19/h2-3,5,7-9,16-17H,4H2,1H3,(H,13,14,18)/t5-,7?,8?,9-/m1/s1. The fourth-order valence-electron chi connectivity index (χ4n) is 2.00. The van der Waals surface area contributed by atoms with E-state index in [4.69, 9.17) is 27.2 Å². The first-order valence-electron chi connectivity index (χ1n) is 6.15. The fourth-order valence-corrected chi connectivity index (χ4v) is 2.66. The molecule has 0 saturated carbocycles. The molecule has 1 aromatic rings. The average molecular weight is 374 g/mol. The van der Waals surface area contributed by atoms with E-state index in [1.54, 1.807) is 7.05 Å². The van der Waals surface area contributed by atoms with Crippen LogP contribution in [0.1, 0.15) is 6.23 Å². The number of halogens is 2. The van der Waals surface area contributed by atoms with Crippen molar-refractivity contribution in [1.82, 2.24) is 9.55 Å². The largest absolute Gasteiger partial charge is 0.387 e. The number of hydrogen-bond acceptors (Lipinski definition) is 8. The van der Waals surface area contributed by atoms with Crippen LogP contribution in [-0.2, 0) is 13.8 Å². The predicted octanol–water partition coefficient (Wildman–Crippen LogP) is 0.506. The molecule has 1 fully saturated rings. The first-order chi connectivity index (χ1) is 10.2. The molecule has 0 radical (unpaired) electrons. The van der Waals surface area contributed by atoms with E-state index in [2.05, 4.69) is 14.8 Å². The molecule has 0 spiro atoms. The van der Waals surface area contributed by atoms with Gasteiger partial charge in [-0.2, -0.15) is 4.98 Å². The third-order valence-electron chi connectivity index (χ3n) is 3.09. The maximum Gasteiger partial charge on any atom is 0.380 e. The normalized spacial score (nSPS) is 28.8. The second-order valence-electron chi connectivity index (χ2n) is 4.51. The Bertz CT molecular complexity index is 637. The molecule has 0 aliphatic carbocycles. The van der Waals surface area contributed by atoms with Crippen LogP contribution in [0, 0.1) is 0 Å². The summed E-state index contributed by atoms with van der Waals surface area (Å²) in [5.41, 5.74) is -0.676. The number of rotatable bonds is 5. The fraction of sp³-hybridized carbons (Fsp3) is 0.600. The van der Waals surface area contributed by atoms with Gasteiger partial charge in [0.05, 0.1) is 6.61 Å². The maximum absolute atomic E-state index is 11.9. The summed E-state index contributed by atoms with van der Waals surface area (Å²) in [5, 5.41) is 22.6. The smallest absolute Gasteiger partial charge is 0.380 e. The summed E-state index contributed by atoms with van der Waals surface area (Å²) in [4.78, 5) is 15.6. The zero-order valence-electron chi connectivity index (χ0n) is 11.3. The highest BCUT2D eigenvalue weighted by molar-refractivity contribution is 8.05. The molecule has 0 bridgehead atoms. The van der Waals surface area contributed by atoms with Gasteiger partial charge in [0, 0.05) is 13.2 Å². The van der Waals surface area contributed by atoms with Crippen molar-refractivity contribution in [3.05, 3.63) is 22.7 Å². The van der Waals surface area contributed by atoms with Crippen LogP contribution in [0.2, 0.25) is 0 Å². The zero-order chi connectivity index (χ0) is 16.5. The summed E-state index contributed by atoms with van der Waals surface area (Å²) in [6.45, 7) is -0.407. The summed E-state index contributed by atoms with van der Waals surface area (Å²) >= 11 is 10.5. The molecule has 4 atom stereocenters. The zero-order valence-corrected chi connectivity index (χ0v) is 13.7. The third kappa shape index (κ3) is 3.99. The monoisotopic (exact) mass is 373 g/mol. The molecule has 1 saturated heterocycles. The number of aliphatic hydroxyl groups excluding tert-OH is 2. The van der Waals surface area contributed by atoms with E-state index in [0.717, 1.165) is 4.57 Å². The summed E-state index contributed by atoms with van der Waals surface area (Å²) in [6.07, 6.45) is -7.43. The highest BCUT2D eigenvalue weighted by Gasteiger charge is 2.44. The van der Waals surface area contributed by atoms with E-state index in [1.807, 2.05) is 0 Å². The SMILES string of the molecule is CNc1ccn([C@@H]2O[C@H](COP(=O)(Cl)Cl)C(O)C2O)c(=O)n1. The Labute approximate surface area is 134 Å². The molecule has 0 aromatic carbocycles. The highest BCUT2D eigenvalue weighted by atomic mass is 35.9. The molecular formula is C10H14Cl2N3O6P. The number of ether oxygens (including phenoxy) is 1. The summed E-state index contributed by atoms with van der Waals surface area (Å²) in [6, 6.07) is 1.50. The minimum absolute atomic E-state index is 0.347. The number of aromatic nitrogens is 2. The second kappa shape index (κ2) is 6.84. The number of hydrogen-bond donors (Lipinski definition) is 3. The van der Waals surface area contributed by atoms with Gasteiger partial charge in [-0.3, -0.25) is 9.13 Å². The van der Waals surface area contributed by atoms with Crippen molar-refractivity contribution in [3.8, 4) is 0 Å². The van der Waals surface area contributed by atoms with Crippen LogP contribution in [0.4, 0.5) is 5.82 Å². The maximum atomic E-state index is 11.9. The summed E-state index contributed by atoms with van der Waals surface area (Å²) < 4.78 is 22.1. The quantitative estimate of drug-likeness (QED) is 0.637. The second-order valence-corrected chi connectivity index (χ2v) is 8.79. The van der Waals surface area contributed by atoms with E-state index < -0.39 is 42.9 Å². The van der Waals surface area contributed by atoms with Gasteiger partial charge in [0.1, 0.15) is 24.1 Å². The Morgan fingerprint density at radius 1 is 1.50 bits per heavy atom. The number of aliphatic hydroxyl groups is 2. The Morgan fingerprint density at radius 2 is 2.18 bits per heavy atom. The van der Waals surface area contributed by atoms with Gasteiger partial charge in [-0.1, -0.05) is 0 Å². The Balaban J connectivity index is 2.16. The molecule has 1 aliphatic rings. The van der Waals surface area contributed by atoms with Crippen LogP contribution in [0.25, 0.3) is 0 Å². The van der Waals surface area contributed by atoms with Crippen LogP contribution < -0.4 is 11.0 Å². The van der Waals surface area contributed by atoms with Crippen molar-refractivity contribution in [3.63, 3.8) is 0 Å². The average Bonchev–Trinajstić information content (AvgIpc) is 2.72. The molecule has 1 aromatic heterocycles. The Kier molecular flexibility index (Phi) is 5.50. The molecule has 124 valence electrons. The van der Waals surface area contributed by atoms with E-state index in [9.17, 15) is 19.6 Å². The molecular weight excluding hydrogens is 360 g/mol. The van der Waals surface area contributed by atoms with Gasteiger partial charge in [0.15, 0.2) is 6.23 Å². The van der Waals surface area contributed by atoms with Gasteiger partial charge < -0.3 is 24.8 Å². The molecule has 3 N–H and O–H groups in total. The third-order valence-corrected chi connectivity index (χ3v) is 4.12. The van der Waals surface area contributed by atoms with Crippen LogP contribution in [0.15, 0.2) is 17.1 Å². The van der Waals surface area contributed by atoms with E-state index in [-0.39, 0.29) is 0 Å². The molecule has 0 amide bonds. The van der Waals surface area contributed by atoms with Gasteiger partial charge in [-0.15, -0.1) is 0 Å². The van der Waals surface area contributed by atoms with Crippen molar-refractivity contribution in [2.75, 3.05) is 19.0 Å². The van der Waals surface area contributed by atoms with Crippen molar-refractivity contribution in [2.24, 2.45) is 0 Å². The van der Waals surface area contributed by atoms with Crippen LogP contribution in [0.5, 0.6) is 0 Å². The summed E-state index contributed by atoms with van der Waals surface area (Å²) in [5.74, 6) is 0.347. The van der Waals surface area contributed by atoms with Crippen LogP contribution in [0.3, 0.4) is 0 Å². The van der Waals surface area contributed by atoms with Gasteiger partial charge in [-0.05, 0) is 28.5 Å². The van der Waals surface area contributed by atoms with Crippen molar-refractivity contribution in [2.45, 2.75) is 24.5 Å². The molecule has 2 unspecified atom stereocenters. The first-order valence-corrected chi connectivity index (χ1v) is 9.59. The number of nitrogens with zero attached hydrogens (tertiary/aromatic N) is 2. The van der Waals surface area contributed by atoms with E-state index in [1.165, 1.54) is 12.3 Å². The molecule has 9 nitrogen and oxygen atoms in total.